The molecule has 0 aliphatic heterocycles. The Morgan fingerprint density at radius 1 is 1.47 bits per heavy atom. The third-order valence-electron chi connectivity index (χ3n) is 2.91. The molecule has 2 heterocycles. The van der Waals surface area contributed by atoms with Crippen molar-refractivity contribution in [2.75, 3.05) is 0 Å². The van der Waals surface area contributed by atoms with E-state index in [1.165, 1.54) is 0 Å². The highest BCUT2D eigenvalue weighted by Crippen LogP contribution is 2.10. The lowest BCUT2D eigenvalue weighted by Crippen LogP contribution is -2.09. The van der Waals surface area contributed by atoms with Gasteiger partial charge in [0.05, 0.1) is 23.6 Å². The van der Waals surface area contributed by atoms with E-state index in [0.29, 0.717) is 6.54 Å². The molecule has 0 radical (unpaired) electrons. The molecule has 0 aromatic carbocycles. The molecule has 2 aromatic heterocycles. The summed E-state index contributed by atoms with van der Waals surface area (Å²) in [5.74, 6) is 0.0906. The van der Waals surface area contributed by atoms with Crippen LogP contribution in [0.3, 0.4) is 0 Å². The minimum absolute atomic E-state index is 0.0906. The first-order chi connectivity index (χ1) is 8.11. The van der Waals surface area contributed by atoms with Gasteiger partial charge in [-0.1, -0.05) is 6.92 Å². The van der Waals surface area contributed by atoms with E-state index in [2.05, 4.69) is 18.1 Å². The maximum absolute atomic E-state index is 11.4. The summed E-state index contributed by atoms with van der Waals surface area (Å²) in [5, 5.41) is 4.40. The van der Waals surface area contributed by atoms with Crippen LogP contribution in [0.15, 0.2) is 24.4 Å². The van der Waals surface area contributed by atoms with Gasteiger partial charge >= 0.3 is 0 Å². The van der Waals surface area contributed by atoms with Crippen LogP contribution in [0, 0.1) is 0 Å². The summed E-state index contributed by atoms with van der Waals surface area (Å²) in [6.07, 6.45) is 2.86. The normalized spacial score (nSPS) is 10.8. The summed E-state index contributed by atoms with van der Waals surface area (Å²) in [4.78, 5) is 11.4. The first-order valence-electron chi connectivity index (χ1n) is 5.79. The molecule has 0 amide bonds. The van der Waals surface area contributed by atoms with E-state index in [4.69, 9.17) is 0 Å². The summed E-state index contributed by atoms with van der Waals surface area (Å²) < 4.78 is 3.83. The molecular formula is C13H17N3O. The van der Waals surface area contributed by atoms with E-state index in [-0.39, 0.29) is 5.78 Å². The minimum Gasteiger partial charge on any atom is -0.339 e. The number of rotatable bonds is 4. The zero-order chi connectivity index (χ0) is 12.4. The van der Waals surface area contributed by atoms with Gasteiger partial charge in [-0.2, -0.15) is 5.10 Å². The van der Waals surface area contributed by atoms with Crippen molar-refractivity contribution in [3.05, 3.63) is 41.5 Å². The molecule has 0 saturated heterocycles. The van der Waals surface area contributed by atoms with E-state index in [1.807, 2.05) is 34.6 Å². The van der Waals surface area contributed by atoms with Gasteiger partial charge in [-0.05, 0) is 24.6 Å². The highest BCUT2D eigenvalue weighted by Gasteiger charge is 2.09. The van der Waals surface area contributed by atoms with Gasteiger partial charge in [0, 0.05) is 20.2 Å². The third-order valence-corrected chi connectivity index (χ3v) is 2.91. The Morgan fingerprint density at radius 2 is 2.24 bits per heavy atom. The number of hydrogen-bond donors (Lipinski definition) is 0. The minimum atomic E-state index is 0.0906. The molecule has 4 nitrogen and oxygen atoms in total. The van der Waals surface area contributed by atoms with Crippen LogP contribution >= 0.6 is 0 Å². The van der Waals surface area contributed by atoms with Gasteiger partial charge in [-0.15, -0.1) is 0 Å². The number of aryl methyl sites for hydroxylation is 2. The first-order valence-corrected chi connectivity index (χ1v) is 5.79. The van der Waals surface area contributed by atoms with Gasteiger partial charge in [0.25, 0.3) is 0 Å². The summed E-state index contributed by atoms with van der Waals surface area (Å²) in [6.45, 7) is 4.36. The molecule has 0 saturated carbocycles. The van der Waals surface area contributed by atoms with Gasteiger partial charge in [-0.25, -0.2) is 0 Å². The Balaban J connectivity index is 2.28. The predicted octanol–water partition coefficient (Wildman–Crippen LogP) is 2.03. The molecule has 0 N–H and O–H groups in total. The van der Waals surface area contributed by atoms with Crippen molar-refractivity contribution in [3.63, 3.8) is 0 Å². The molecule has 0 aliphatic carbocycles. The van der Waals surface area contributed by atoms with Crippen LogP contribution in [0.1, 0.15) is 35.7 Å². The van der Waals surface area contributed by atoms with Crippen molar-refractivity contribution in [2.24, 2.45) is 7.05 Å². The number of nitrogens with zero attached hydrogens (tertiary/aromatic N) is 3. The smallest absolute Gasteiger partial charge is 0.176 e. The number of aromatic nitrogens is 3. The Bertz CT molecular complexity index is 537. The Kier molecular flexibility index (Phi) is 3.13. The molecule has 0 unspecified atom stereocenters. The lowest BCUT2D eigenvalue weighted by Gasteiger charge is -2.06. The molecule has 0 aliphatic rings. The Hall–Kier alpha value is -1.84. The van der Waals surface area contributed by atoms with Crippen LogP contribution in [-0.2, 0) is 20.0 Å². The molecule has 90 valence electrons. The summed E-state index contributed by atoms with van der Waals surface area (Å²) in [7, 11) is 1.94. The molecule has 0 spiro atoms. The van der Waals surface area contributed by atoms with Crippen LogP contribution in [-0.4, -0.2) is 20.1 Å². The fourth-order valence-electron chi connectivity index (χ4n) is 1.94. The van der Waals surface area contributed by atoms with E-state index in [9.17, 15) is 4.79 Å². The maximum atomic E-state index is 11.4. The summed E-state index contributed by atoms with van der Waals surface area (Å²) in [6, 6.07) is 5.83. The van der Waals surface area contributed by atoms with Crippen molar-refractivity contribution in [2.45, 2.75) is 26.8 Å². The van der Waals surface area contributed by atoms with Crippen LogP contribution in [0.25, 0.3) is 0 Å². The molecule has 0 atom stereocenters. The zero-order valence-corrected chi connectivity index (χ0v) is 10.5. The second-order valence-corrected chi connectivity index (χ2v) is 4.18. The van der Waals surface area contributed by atoms with Crippen molar-refractivity contribution >= 4 is 5.78 Å². The second-order valence-electron chi connectivity index (χ2n) is 4.18. The standard InChI is InChI=1S/C13H17N3O/c1-4-11-8-12(15(3)14-11)9-16-7-5-6-13(16)10(2)17/h5-8H,4,9H2,1-3H3. The Morgan fingerprint density at radius 3 is 2.82 bits per heavy atom. The second kappa shape index (κ2) is 4.57. The summed E-state index contributed by atoms with van der Waals surface area (Å²) >= 11 is 0. The number of hydrogen-bond acceptors (Lipinski definition) is 2. The molecule has 0 fully saturated rings. The third kappa shape index (κ3) is 2.30. The fourth-order valence-corrected chi connectivity index (χ4v) is 1.94. The Labute approximate surface area is 101 Å². The van der Waals surface area contributed by atoms with Crippen LogP contribution in [0.2, 0.25) is 0 Å². The maximum Gasteiger partial charge on any atom is 0.176 e. The van der Waals surface area contributed by atoms with Gasteiger partial charge < -0.3 is 4.57 Å². The van der Waals surface area contributed by atoms with Gasteiger partial charge in [-0.3, -0.25) is 9.48 Å². The topological polar surface area (TPSA) is 39.8 Å². The van der Waals surface area contributed by atoms with Gasteiger partial charge in [0.1, 0.15) is 0 Å². The highest BCUT2D eigenvalue weighted by molar-refractivity contribution is 5.92. The van der Waals surface area contributed by atoms with Crippen molar-refractivity contribution < 1.29 is 4.79 Å². The lowest BCUT2D eigenvalue weighted by atomic mass is 10.3. The highest BCUT2D eigenvalue weighted by atomic mass is 16.1. The quantitative estimate of drug-likeness (QED) is 0.755. The lowest BCUT2D eigenvalue weighted by molar-refractivity contribution is 0.100. The van der Waals surface area contributed by atoms with Crippen LogP contribution in [0.5, 0.6) is 0 Å². The summed E-state index contributed by atoms with van der Waals surface area (Å²) in [5.41, 5.74) is 2.93. The fraction of sp³-hybridized carbons (Fsp3) is 0.385. The monoisotopic (exact) mass is 231 g/mol. The average Bonchev–Trinajstić information content (AvgIpc) is 2.87. The molecule has 2 aromatic rings. The number of Topliss-reactive ketones (excluding diaryl/α,β-unsaturated/α-hetero) is 1. The molecule has 17 heavy (non-hydrogen) atoms. The molecule has 2 rings (SSSR count). The van der Waals surface area contributed by atoms with E-state index in [0.717, 1.165) is 23.5 Å². The van der Waals surface area contributed by atoms with Crippen LogP contribution in [0.4, 0.5) is 0 Å². The van der Waals surface area contributed by atoms with Gasteiger partial charge in [0.15, 0.2) is 5.78 Å². The zero-order valence-electron chi connectivity index (χ0n) is 10.5. The molecule has 0 bridgehead atoms. The van der Waals surface area contributed by atoms with Gasteiger partial charge in [0.2, 0.25) is 0 Å². The van der Waals surface area contributed by atoms with Crippen molar-refractivity contribution in [1.29, 1.82) is 0 Å². The SMILES string of the molecule is CCc1cc(Cn2cccc2C(C)=O)n(C)n1. The van der Waals surface area contributed by atoms with Crippen molar-refractivity contribution in [1.82, 2.24) is 14.3 Å². The average molecular weight is 231 g/mol. The van der Waals surface area contributed by atoms with Crippen molar-refractivity contribution in [3.8, 4) is 0 Å². The van der Waals surface area contributed by atoms with E-state index in [1.54, 1.807) is 6.92 Å². The van der Waals surface area contributed by atoms with E-state index < -0.39 is 0 Å². The number of carbonyl (C=O) groups excluding carboxylic acids is 1. The molecule has 4 heteroatoms. The van der Waals surface area contributed by atoms with E-state index >= 15 is 0 Å². The molecular weight excluding hydrogens is 214 g/mol. The largest absolute Gasteiger partial charge is 0.339 e. The number of carbonyl (C=O) groups is 1. The number of ketones is 1. The predicted molar refractivity (Wildman–Crippen MR) is 66.1 cm³/mol. The first kappa shape index (κ1) is 11.6. The van der Waals surface area contributed by atoms with Crippen LogP contribution < -0.4 is 0 Å².